The molecule has 21 heavy (non-hydrogen) atoms. The van der Waals surface area contributed by atoms with Gasteiger partial charge in [0.25, 0.3) is 0 Å². The van der Waals surface area contributed by atoms with E-state index in [-0.39, 0.29) is 17.2 Å². The number of aromatic nitrogens is 2. The van der Waals surface area contributed by atoms with E-state index in [2.05, 4.69) is 13.9 Å². The standard InChI is InChI=1S/C11H15N5O3S2/c1-7(6-10(12)13-17)16(2)21(18,19)9-5-3-4-8-11(9)15-20-14-8/h3-5,7,17H,6H2,1-2H3,(H2,12,13). The Bertz CT molecular complexity index is 771. The molecule has 0 amide bonds. The minimum absolute atomic E-state index is 0.0296. The zero-order valence-corrected chi connectivity index (χ0v) is 13.1. The molecule has 0 aliphatic rings. The molecule has 3 N–H and O–H groups in total. The molecule has 1 aromatic carbocycles. The molecule has 1 atom stereocenters. The lowest BCUT2D eigenvalue weighted by molar-refractivity contribution is 0.313. The van der Waals surface area contributed by atoms with Crippen LogP contribution in [0.15, 0.2) is 28.3 Å². The van der Waals surface area contributed by atoms with Gasteiger partial charge in [0.1, 0.15) is 21.8 Å². The van der Waals surface area contributed by atoms with Crippen molar-refractivity contribution >= 4 is 38.6 Å². The van der Waals surface area contributed by atoms with Crippen molar-refractivity contribution < 1.29 is 13.6 Å². The molecule has 0 spiro atoms. The highest BCUT2D eigenvalue weighted by atomic mass is 32.2. The fourth-order valence-corrected chi connectivity index (χ4v) is 3.96. The summed E-state index contributed by atoms with van der Waals surface area (Å²) in [5, 5.41) is 11.4. The summed E-state index contributed by atoms with van der Waals surface area (Å²) in [5.74, 6) is -0.0296. The number of sulfonamides is 1. The Hall–Kier alpha value is -1.78. The Kier molecular flexibility index (Phi) is 4.40. The summed E-state index contributed by atoms with van der Waals surface area (Å²) in [5.41, 5.74) is 6.32. The highest BCUT2D eigenvalue weighted by molar-refractivity contribution is 7.89. The molecule has 0 fully saturated rings. The number of nitrogens with zero attached hydrogens (tertiary/aromatic N) is 4. The average molecular weight is 329 g/mol. The largest absolute Gasteiger partial charge is 0.409 e. The third-order valence-corrected chi connectivity index (χ3v) is 5.71. The van der Waals surface area contributed by atoms with Gasteiger partial charge in [0, 0.05) is 19.5 Å². The maximum absolute atomic E-state index is 12.7. The van der Waals surface area contributed by atoms with Gasteiger partial charge in [0.15, 0.2) is 0 Å². The third kappa shape index (κ3) is 2.96. The van der Waals surface area contributed by atoms with Crippen molar-refractivity contribution in [1.82, 2.24) is 13.1 Å². The van der Waals surface area contributed by atoms with Crippen molar-refractivity contribution in [3.63, 3.8) is 0 Å². The second-order valence-electron chi connectivity index (χ2n) is 4.55. The molecule has 0 saturated heterocycles. The molecule has 2 rings (SSSR count). The van der Waals surface area contributed by atoms with Gasteiger partial charge in [-0.25, -0.2) is 8.42 Å². The average Bonchev–Trinajstić information content (AvgIpc) is 2.94. The topological polar surface area (TPSA) is 122 Å². The summed E-state index contributed by atoms with van der Waals surface area (Å²) < 4.78 is 34.6. The van der Waals surface area contributed by atoms with Gasteiger partial charge in [-0.15, -0.1) is 0 Å². The smallest absolute Gasteiger partial charge is 0.245 e. The van der Waals surface area contributed by atoms with E-state index in [1.54, 1.807) is 19.1 Å². The van der Waals surface area contributed by atoms with Crippen LogP contribution in [0.4, 0.5) is 0 Å². The van der Waals surface area contributed by atoms with Crippen LogP contribution in [0.3, 0.4) is 0 Å². The number of nitrogens with two attached hydrogens (primary N) is 1. The second kappa shape index (κ2) is 5.92. The van der Waals surface area contributed by atoms with E-state index < -0.39 is 16.1 Å². The van der Waals surface area contributed by atoms with E-state index in [1.165, 1.54) is 17.4 Å². The van der Waals surface area contributed by atoms with Crippen LogP contribution in [0.25, 0.3) is 11.0 Å². The summed E-state index contributed by atoms with van der Waals surface area (Å²) in [6, 6.07) is 4.36. The van der Waals surface area contributed by atoms with E-state index in [1.807, 2.05) is 0 Å². The van der Waals surface area contributed by atoms with Gasteiger partial charge in [0.05, 0.1) is 11.7 Å². The number of fused-ring (bicyclic) bond motifs is 1. The zero-order chi connectivity index (χ0) is 15.6. The highest BCUT2D eigenvalue weighted by Crippen LogP contribution is 2.25. The lowest BCUT2D eigenvalue weighted by Crippen LogP contribution is -2.37. The number of hydrogen-bond donors (Lipinski definition) is 2. The number of benzene rings is 1. The predicted octanol–water partition coefficient (Wildman–Crippen LogP) is 0.837. The van der Waals surface area contributed by atoms with Crippen molar-refractivity contribution in [2.75, 3.05) is 7.05 Å². The molecule has 1 heterocycles. The Balaban J connectivity index is 2.39. The maximum atomic E-state index is 12.7. The van der Waals surface area contributed by atoms with Crippen LogP contribution in [-0.2, 0) is 10.0 Å². The van der Waals surface area contributed by atoms with Crippen LogP contribution in [0.1, 0.15) is 13.3 Å². The minimum Gasteiger partial charge on any atom is -0.409 e. The predicted molar refractivity (Wildman–Crippen MR) is 79.9 cm³/mol. The van der Waals surface area contributed by atoms with E-state index in [0.717, 1.165) is 11.7 Å². The van der Waals surface area contributed by atoms with E-state index in [0.29, 0.717) is 11.0 Å². The molecule has 2 aromatic rings. The lowest BCUT2D eigenvalue weighted by atomic mass is 10.2. The van der Waals surface area contributed by atoms with Crippen molar-refractivity contribution in [1.29, 1.82) is 0 Å². The number of amidine groups is 1. The zero-order valence-electron chi connectivity index (χ0n) is 11.5. The lowest BCUT2D eigenvalue weighted by Gasteiger charge is -2.23. The first-order valence-electron chi connectivity index (χ1n) is 6.03. The molecule has 1 unspecified atom stereocenters. The van der Waals surface area contributed by atoms with E-state index in [9.17, 15) is 8.42 Å². The van der Waals surface area contributed by atoms with Gasteiger partial charge in [-0.3, -0.25) is 0 Å². The molecule has 8 nitrogen and oxygen atoms in total. The van der Waals surface area contributed by atoms with Gasteiger partial charge in [-0.2, -0.15) is 13.1 Å². The molecular weight excluding hydrogens is 314 g/mol. The van der Waals surface area contributed by atoms with Gasteiger partial charge < -0.3 is 10.9 Å². The quantitative estimate of drug-likeness (QED) is 0.363. The normalized spacial score (nSPS) is 14.7. The molecule has 114 valence electrons. The third-order valence-electron chi connectivity index (χ3n) is 3.16. The molecule has 0 bridgehead atoms. The summed E-state index contributed by atoms with van der Waals surface area (Å²) in [6.45, 7) is 1.68. The molecule has 0 radical (unpaired) electrons. The highest BCUT2D eigenvalue weighted by Gasteiger charge is 2.28. The monoisotopic (exact) mass is 329 g/mol. The Morgan fingerprint density at radius 1 is 1.52 bits per heavy atom. The van der Waals surface area contributed by atoms with Crippen molar-refractivity contribution in [3.05, 3.63) is 18.2 Å². The fourth-order valence-electron chi connectivity index (χ4n) is 1.85. The van der Waals surface area contributed by atoms with E-state index in [4.69, 9.17) is 10.9 Å². The van der Waals surface area contributed by atoms with Crippen LogP contribution < -0.4 is 5.73 Å². The fraction of sp³-hybridized carbons (Fsp3) is 0.364. The Morgan fingerprint density at radius 2 is 2.24 bits per heavy atom. The number of hydrogen-bond acceptors (Lipinski definition) is 7. The summed E-state index contributed by atoms with van der Waals surface area (Å²) in [4.78, 5) is 0.0996. The van der Waals surface area contributed by atoms with Crippen molar-refractivity contribution in [2.45, 2.75) is 24.3 Å². The van der Waals surface area contributed by atoms with Crippen LogP contribution >= 0.6 is 11.7 Å². The number of oxime groups is 1. The Labute approximate surface area is 126 Å². The van der Waals surface area contributed by atoms with Gasteiger partial charge in [-0.1, -0.05) is 11.2 Å². The summed E-state index contributed by atoms with van der Waals surface area (Å²) >= 11 is 0.962. The van der Waals surface area contributed by atoms with Crippen molar-refractivity contribution in [2.24, 2.45) is 10.9 Å². The number of rotatable bonds is 5. The van der Waals surface area contributed by atoms with Crippen molar-refractivity contribution in [3.8, 4) is 0 Å². The molecule has 0 aliphatic carbocycles. The van der Waals surface area contributed by atoms with Gasteiger partial charge >= 0.3 is 0 Å². The van der Waals surface area contributed by atoms with Crippen LogP contribution in [-0.4, -0.2) is 45.6 Å². The van der Waals surface area contributed by atoms with E-state index >= 15 is 0 Å². The first-order chi connectivity index (χ1) is 9.87. The van der Waals surface area contributed by atoms with Crippen LogP contribution in [0, 0.1) is 0 Å². The van der Waals surface area contributed by atoms with Crippen LogP contribution in [0.2, 0.25) is 0 Å². The minimum atomic E-state index is -3.74. The SMILES string of the molecule is CC(CC(N)=NO)N(C)S(=O)(=O)c1cccc2nsnc12. The summed E-state index contributed by atoms with van der Waals surface area (Å²) in [6.07, 6.45) is 0.123. The van der Waals surface area contributed by atoms with Crippen LogP contribution in [0.5, 0.6) is 0 Å². The molecular formula is C11H15N5O3S2. The molecule has 1 aromatic heterocycles. The first-order valence-corrected chi connectivity index (χ1v) is 8.20. The molecule has 0 saturated carbocycles. The van der Waals surface area contributed by atoms with Gasteiger partial charge in [0.2, 0.25) is 10.0 Å². The first kappa shape index (κ1) is 15.6. The maximum Gasteiger partial charge on any atom is 0.245 e. The summed E-state index contributed by atoms with van der Waals surface area (Å²) in [7, 11) is -2.30. The molecule has 0 aliphatic heterocycles. The Morgan fingerprint density at radius 3 is 2.90 bits per heavy atom. The second-order valence-corrected chi connectivity index (χ2v) is 7.05. The van der Waals surface area contributed by atoms with Gasteiger partial charge in [-0.05, 0) is 19.1 Å². The molecule has 10 heteroatoms.